The zero-order valence-corrected chi connectivity index (χ0v) is 22.2. The standard InChI is InChI=1S/C28H26F4N6O3/c1-3-22(16-9-17(29)11-18(30)10-16)38-25(21-6-8-37(4-2)35-21)34-26(39)23(28(38)41)27(40)36-7-5-15(14-36)24-20(32)12-19(31)13-33-24/h6,8-13,15,22,41H,3-5,7,14H2,1-2H3/t15?,22-/m0/s1. The molecule has 4 heterocycles. The number of hydrogen-bond acceptors (Lipinski definition) is 6. The summed E-state index contributed by atoms with van der Waals surface area (Å²) in [5.41, 5.74) is -1.35. The van der Waals surface area contributed by atoms with Crippen LogP contribution in [0.15, 0.2) is 47.5 Å². The van der Waals surface area contributed by atoms with Gasteiger partial charge >= 0.3 is 0 Å². The maximum Gasteiger partial charge on any atom is 0.290 e. The quantitative estimate of drug-likeness (QED) is 0.330. The van der Waals surface area contributed by atoms with Crippen LogP contribution in [0.25, 0.3) is 11.5 Å². The molecule has 214 valence electrons. The van der Waals surface area contributed by atoms with Crippen LogP contribution in [0.4, 0.5) is 17.6 Å². The largest absolute Gasteiger partial charge is 0.494 e. The van der Waals surface area contributed by atoms with Crippen LogP contribution >= 0.6 is 0 Å². The Kier molecular flexibility index (Phi) is 7.61. The van der Waals surface area contributed by atoms with Crippen molar-refractivity contribution in [2.45, 2.75) is 45.2 Å². The maximum atomic E-state index is 14.3. The molecule has 1 aliphatic heterocycles. The molecule has 3 aromatic heterocycles. The first kappa shape index (κ1) is 28.0. The predicted molar refractivity (Wildman–Crippen MR) is 139 cm³/mol. The van der Waals surface area contributed by atoms with Gasteiger partial charge in [-0.25, -0.2) is 17.6 Å². The third-order valence-electron chi connectivity index (χ3n) is 7.18. The Bertz CT molecular complexity index is 1670. The molecule has 1 saturated heterocycles. The molecule has 41 heavy (non-hydrogen) atoms. The zero-order valence-electron chi connectivity index (χ0n) is 22.2. The molecule has 2 atom stereocenters. The van der Waals surface area contributed by atoms with Gasteiger partial charge in [0.05, 0.1) is 17.9 Å². The van der Waals surface area contributed by atoms with Crippen LogP contribution < -0.4 is 5.56 Å². The number of aryl methyl sites for hydroxylation is 1. The third-order valence-corrected chi connectivity index (χ3v) is 7.18. The van der Waals surface area contributed by atoms with Crippen LogP contribution in [0.5, 0.6) is 5.88 Å². The number of likely N-dealkylation sites (tertiary alicyclic amines) is 1. The van der Waals surface area contributed by atoms with Crippen molar-refractivity contribution in [3.8, 4) is 17.4 Å². The zero-order chi connectivity index (χ0) is 29.4. The molecule has 0 spiro atoms. The van der Waals surface area contributed by atoms with Crippen molar-refractivity contribution in [1.29, 1.82) is 0 Å². The van der Waals surface area contributed by atoms with Crippen LogP contribution in [0, 0.1) is 23.3 Å². The Hall–Kier alpha value is -4.55. The molecular weight excluding hydrogens is 544 g/mol. The fourth-order valence-corrected chi connectivity index (χ4v) is 5.23. The Labute approximate surface area is 231 Å². The average molecular weight is 571 g/mol. The summed E-state index contributed by atoms with van der Waals surface area (Å²) in [4.78, 5) is 36.1. The van der Waals surface area contributed by atoms with Gasteiger partial charge in [0.15, 0.2) is 11.4 Å². The number of hydrogen-bond donors (Lipinski definition) is 1. The summed E-state index contributed by atoms with van der Waals surface area (Å²) >= 11 is 0. The normalized spacial score (nSPS) is 15.9. The number of pyridine rings is 1. The van der Waals surface area contributed by atoms with Crippen LogP contribution in [-0.2, 0) is 6.54 Å². The van der Waals surface area contributed by atoms with Gasteiger partial charge in [0.2, 0.25) is 5.88 Å². The lowest BCUT2D eigenvalue weighted by molar-refractivity contribution is 0.0783. The van der Waals surface area contributed by atoms with Crippen LogP contribution in [0.3, 0.4) is 0 Å². The van der Waals surface area contributed by atoms with Gasteiger partial charge in [-0.2, -0.15) is 10.1 Å². The van der Waals surface area contributed by atoms with Gasteiger partial charge in [0, 0.05) is 43.9 Å². The SMILES string of the molecule is CC[C@@H](c1cc(F)cc(F)c1)n1c(-c2ccn(CC)n2)nc(=O)c(C(=O)N2CCC(c3ncc(F)cc3F)C2)c1O. The second-order valence-corrected chi connectivity index (χ2v) is 9.75. The number of nitrogens with zero attached hydrogens (tertiary/aromatic N) is 6. The Morgan fingerprint density at radius 1 is 1.10 bits per heavy atom. The van der Waals surface area contributed by atoms with Crippen molar-refractivity contribution in [3.05, 3.63) is 93.2 Å². The van der Waals surface area contributed by atoms with E-state index in [0.717, 1.165) is 18.3 Å². The Morgan fingerprint density at radius 2 is 1.83 bits per heavy atom. The summed E-state index contributed by atoms with van der Waals surface area (Å²) in [5.74, 6) is -5.62. The average Bonchev–Trinajstić information content (AvgIpc) is 3.60. The van der Waals surface area contributed by atoms with Crippen molar-refractivity contribution in [3.63, 3.8) is 0 Å². The maximum absolute atomic E-state index is 14.3. The van der Waals surface area contributed by atoms with Gasteiger partial charge in [0.1, 0.15) is 29.0 Å². The summed E-state index contributed by atoms with van der Waals surface area (Å²) in [6.07, 6.45) is 3.00. The van der Waals surface area contributed by atoms with Crippen molar-refractivity contribution in [1.82, 2.24) is 29.2 Å². The van der Waals surface area contributed by atoms with E-state index in [-0.39, 0.29) is 48.7 Å². The third kappa shape index (κ3) is 5.31. The second kappa shape index (κ2) is 11.1. The lowest BCUT2D eigenvalue weighted by Gasteiger charge is -2.25. The smallest absolute Gasteiger partial charge is 0.290 e. The molecule has 4 aromatic rings. The molecule has 0 aliphatic carbocycles. The number of rotatable bonds is 7. The van der Waals surface area contributed by atoms with E-state index >= 15 is 0 Å². The van der Waals surface area contributed by atoms with Crippen molar-refractivity contribution >= 4 is 5.91 Å². The van der Waals surface area contributed by atoms with Gasteiger partial charge in [-0.3, -0.25) is 23.8 Å². The molecule has 1 amide bonds. The molecule has 1 unspecified atom stereocenters. The summed E-state index contributed by atoms with van der Waals surface area (Å²) < 4.78 is 58.9. The van der Waals surface area contributed by atoms with Gasteiger partial charge in [-0.1, -0.05) is 6.92 Å². The van der Waals surface area contributed by atoms with E-state index in [1.165, 1.54) is 9.47 Å². The van der Waals surface area contributed by atoms with Gasteiger partial charge in [-0.15, -0.1) is 0 Å². The summed E-state index contributed by atoms with van der Waals surface area (Å²) in [5, 5.41) is 15.9. The molecule has 5 rings (SSSR count). The van der Waals surface area contributed by atoms with E-state index in [4.69, 9.17) is 0 Å². The van der Waals surface area contributed by atoms with Gasteiger partial charge in [-0.05, 0) is 43.5 Å². The van der Waals surface area contributed by atoms with Crippen molar-refractivity contribution in [2.24, 2.45) is 0 Å². The summed E-state index contributed by atoms with van der Waals surface area (Å²) in [6.45, 7) is 4.12. The molecule has 13 heteroatoms. The molecule has 1 N–H and O–H groups in total. The number of halogens is 4. The first-order chi connectivity index (χ1) is 19.6. The molecule has 0 radical (unpaired) electrons. The molecule has 1 aromatic carbocycles. The Balaban J connectivity index is 1.60. The lowest BCUT2D eigenvalue weighted by atomic mass is 10.0. The minimum absolute atomic E-state index is 0.0116. The Morgan fingerprint density at radius 3 is 2.46 bits per heavy atom. The fourth-order valence-electron chi connectivity index (χ4n) is 5.23. The number of benzene rings is 1. The van der Waals surface area contributed by atoms with Crippen molar-refractivity contribution in [2.75, 3.05) is 13.1 Å². The lowest BCUT2D eigenvalue weighted by Crippen LogP contribution is -2.35. The number of aromatic nitrogens is 5. The van der Waals surface area contributed by atoms with E-state index < -0.39 is 58.1 Å². The molecule has 1 fully saturated rings. The molecule has 9 nitrogen and oxygen atoms in total. The highest BCUT2D eigenvalue weighted by molar-refractivity contribution is 5.96. The highest BCUT2D eigenvalue weighted by atomic mass is 19.1. The predicted octanol–water partition coefficient (Wildman–Crippen LogP) is 4.41. The molecular formula is C28H26F4N6O3. The first-order valence-corrected chi connectivity index (χ1v) is 13.1. The number of carbonyl (C=O) groups excluding carboxylic acids is 1. The molecule has 1 aliphatic rings. The summed E-state index contributed by atoms with van der Waals surface area (Å²) in [7, 11) is 0. The van der Waals surface area contributed by atoms with E-state index in [1.54, 1.807) is 23.9 Å². The summed E-state index contributed by atoms with van der Waals surface area (Å²) in [6, 6.07) is 4.24. The van der Waals surface area contributed by atoms with Crippen LogP contribution in [0.1, 0.15) is 60.3 Å². The molecule has 0 bridgehead atoms. The highest BCUT2D eigenvalue weighted by Crippen LogP contribution is 2.35. The van der Waals surface area contributed by atoms with Gasteiger partial charge in [0.25, 0.3) is 11.5 Å². The van der Waals surface area contributed by atoms with E-state index in [2.05, 4.69) is 15.1 Å². The van der Waals surface area contributed by atoms with Gasteiger partial charge < -0.3 is 10.0 Å². The fraction of sp³-hybridized carbons (Fsp3) is 0.321. The monoisotopic (exact) mass is 570 g/mol. The first-order valence-electron chi connectivity index (χ1n) is 13.1. The minimum Gasteiger partial charge on any atom is -0.494 e. The topological polar surface area (TPSA) is 106 Å². The van der Waals surface area contributed by atoms with Crippen LogP contribution in [0.2, 0.25) is 0 Å². The second-order valence-electron chi connectivity index (χ2n) is 9.75. The van der Waals surface area contributed by atoms with E-state index in [1.807, 2.05) is 6.92 Å². The molecule has 0 saturated carbocycles. The van der Waals surface area contributed by atoms with E-state index in [0.29, 0.717) is 18.7 Å². The highest BCUT2D eigenvalue weighted by Gasteiger charge is 2.35. The minimum atomic E-state index is -1.03. The number of amides is 1. The number of carbonyl (C=O) groups is 1. The van der Waals surface area contributed by atoms with Crippen molar-refractivity contribution < 1.29 is 27.5 Å². The number of aromatic hydroxyl groups is 1. The van der Waals surface area contributed by atoms with E-state index in [9.17, 15) is 32.3 Å². The van der Waals surface area contributed by atoms with Crippen LogP contribution in [-0.4, -0.2) is 53.3 Å².